The van der Waals surface area contributed by atoms with Crippen LogP contribution < -0.4 is 20.7 Å². The van der Waals surface area contributed by atoms with Crippen LogP contribution in [0, 0.1) is 0 Å². The number of amides is 1. The van der Waals surface area contributed by atoms with Crippen molar-refractivity contribution in [3.05, 3.63) is 65.2 Å². The third-order valence-corrected chi connectivity index (χ3v) is 4.75. The summed E-state index contributed by atoms with van der Waals surface area (Å²) in [6, 6.07) is 16.3. The lowest BCUT2D eigenvalue weighted by Crippen LogP contribution is -2.38. The molecule has 0 unspecified atom stereocenters. The zero-order chi connectivity index (χ0) is 20.3. The molecular weight excluding hydrogens is 491 g/mol. The summed E-state index contributed by atoms with van der Waals surface area (Å²) in [5, 5.41) is 9.50. The number of nitrogens with one attached hydrogen (secondary N) is 3. The van der Waals surface area contributed by atoms with Crippen molar-refractivity contribution in [1.29, 1.82) is 0 Å². The molecule has 1 aliphatic rings. The highest BCUT2D eigenvalue weighted by Crippen LogP contribution is 2.25. The van der Waals surface area contributed by atoms with Gasteiger partial charge in [0.2, 0.25) is 5.91 Å². The van der Waals surface area contributed by atoms with E-state index in [1.807, 2.05) is 37.3 Å². The van der Waals surface area contributed by atoms with Gasteiger partial charge in [-0.2, -0.15) is 0 Å². The molecule has 1 aliphatic heterocycles. The van der Waals surface area contributed by atoms with E-state index in [2.05, 4.69) is 39.1 Å². The second-order valence-corrected chi connectivity index (χ2v) is 6.99. The number of hydrogen-bond acceptors (Lipinski definition) is 3. The van der Waals surface area contributed by atoms with Gasteiger partial charge in [-0.15, -0.1) is 24.0 Å². The van der Waals surface area contributed by atoms with Crippen molar-refractivity contribution < 1.29 is 9.53 Å². The van der Waals surface area contributed by atoms with Gasteiger partial charge in [-0.1, -0.05) is 42.5 Å². The van der Waals surface area contributed by atoms with E-state index in [-0.39, 0.29) is 29.9 Å². The number of fused-ring (bicyclic) bond motifs is 1. The molecule has 2 aromatic rings. The maximum atomic E-state index is 12.0. The first-order chi connectivity index (χ1) is 14.2. The van der Waals surface area contributed by atoms with Gasteiger partial charge in [0.25, 0.3) is 0 Å². The Balaban J connectivity index is 0.00000320. The van der Waals surface area contributed by atoms with E-state index in [0.717, 1.165) is 49.8 Å². The molecule has 0 spiro atoms. The van der Waals surface area contributed by atoms with Crippen molar-refractivity contribution in [3.63, 3.8) is 0 Å². The highest BCUT2D eigenvalue weighted by atomic mass is 127. The molecule has 1 amide bonds. The first-order valence-electron chi connectivity index (χ1n) is 10.3. The van der Waals surface area contributed by atoms with Crippen molar-refractivity contribution in [2.45, 2.75) is 32.7 Å². The fourth-order valence-corrected chi connectivity index (χ4v) is 3.22. The lowest BCUT2D eigenvalue weighted by Gasteiger charge is -2.12. The SMILES string of the molecule is CCNC(=NCCC(=O)NCc1ccccc1)NCCc1ccc2c(c1)CCO2.I. The number of halogens is 1. The number of rotatable bonds is 9. The van der Waals surface area contributed by atoms with E-state index < -0.39 is 0 Å². The minimum atomic E-state index is 0. The van der Waals surface area contributed by atoms with Gasteiger partial charge >= 0.3 is 0 Å². The van der Waals surface area contributed by atoms with Crippen molar-refractivity contribution in [2.75, 3.05) is 26.2 Å². The van der Waals surface area contributed by atoms with E-state index in [0.29, 0.717) is 19.5 Å². The molecule has 2 aromatic carbocycles. The van der Waals surface area contributed by atoms with Crippen LogP contribution in [0.4, 0.5) is 0 Å². The maximum Gasteiger partial charge on any atom is 0.222 e. The smallest absolute Gasteiger partial charge is 0.222 e. The van der Waals surface area contributed by atoms with Crippen molar-refractivity contribution in [3.8, 4) is 5.75 Å². The lowest BCUT2D eigenvalue weighted by molar-refractivity contribution is -0.121. The lowest BCUT2D eigenvalue weighted by atomic mass is 10.1. The van der Waals surface area contributed by atoms with Crippen LogP contribution >= 0.6 is 24.0 Å². The largest absolute Gasteiger partial charge is 0.493 e. The summed E-state index contributed by atoms with van der Waals surface area (Å²) in [5.74, 6) is 1.77. The van der Waals surface area contributed by atoms with E-state index >= 15 is 0 Å². The van der Waals surface area contributed by atoms with Crippen LogP contribution in [0.25, 0.3) is 0 Å². The second kappa shape index (κ2) is 13.1. The summed E-state index contributed by atoms with van der Waals surface area (Å²) in [4.78, 5) is 16.5. The van der Waals surface area contributed by atoms with Crippen LogP contribution in [0.1, 0.15) is 30.0 Å². The molecule has 0 aromatic heterocycles. The molecular formula is C23H31IN4O2. The monoisotopic (exact) mass is 522 g/mol. The molecule has 30 heavy (non-hydrogen) atoms. The molecule has 0 aliphatic carbocycles. The van der Waals surface area contributed by atoms with Gasteiger partial charge in [0.15, 0.2) is 5.96 Å². The standard InChI is InChI=1S/C23H30N4O2.HI/c1-2-24-23(25-13-10-18-8-9-21-20(16-18)12-15-29-21)26-14-11-22(28)27-17-19-6-4-3-5-7-19;/h3-9,16H,2,10-15,17H2,1H3,(H,27,28)(H2,24,25,26);1H. The molecule has 1 heterocycles. The van der Waals surface area contributed by atoms with Crippen LogP contribution in [0.3, 0.4) is 0 Å². The Morgan fingerprint density at radius 1 is 1.07 bits per heavy atom. The predicted molar refractivity (Wildman–Crippen MR) is 132 cm³/mol. The number of nitrogens with zero attached hydrogens (tertiary/aromatic N) is 1. The molecule has 3 N–H and O–H groups in total. The molecule has 3 rings (SSSR count). The van der Waals surface area contributed by atoms with Crippen LogP contribution in [0.5, 0.6) is 5.75 Å². The molecule has 0 fully saturated rings. The van der Waals surface area contributed by atoms with Crippen molar-refractivity contribution in [1.82, 2.24) is 16.0 Å². The van der Waals surface area contributed by atoms with Crippen molar-refractivity contribution >= 4 is 35.8 Å². The Bertz CT molecular complexity index is 827. The maximum absolute atomic E-state index is 12.0. The molecule has 0 atom stereocenters. The Labute approximate surface area is 195 Å². The molecule has 0 saturated carbocycles. The first kappa shape index (κ1) is 24.0. The summed E-state index contributed by atoms with van der Waals surface area (Å²) in [7, 11) is 0. The summed E-state index contributed by atoms with van der Waals surface area (Å²) >= 11 is 0. The molecule has 0 radical (unpaired) electrons. The van der Waals surface area contributed by atoms with E-state index in [4.69, 9.17) is 4.74 Å². The number of guanidine groups is 1. The van der Waals surface area contributed by atoms with Gasteiger partial charge in [0.1, 0.15) is 5.75 Å². The normalized spacial score (nSPS) is 12.4. The van der Waals surface area contributed by atoms with Gasteiger partial charge < -0.3 is 20.7 Å². The highest BCUT2D eigenvalue weighted by molar-refractivity contribution is 14.0. The van der Waals surface area contributed by atoms with E-state index in [1.165, 1.54) is 11.1 Å². The second-order valence-electron chi connectivity index (χ2n) is 6.99. The molecule has 0 bridgehead atoms. The summed E-state index contributed by atoms with van der Waals surface area (Å²) in [5.41, 5.74) is 3.68. The van der Waals surface area contributed by atoms with Gasteiger partial charge in [-0.25, -0.2) is 0 Å². The zero-order valence-electron chi connectivity index (χ0n) is 17.4. The Hall–Kier alpha value is -2.29. The third-order valence-electron chi connectivity index (χ3n) is 4.75. The molecule has 7 heteroatoms. The minimum Gasteiger partial charge on any atom is -0.493 e. The molecule has 0 saturated heterocycles. The number of carbonyl (C=O) groups is 1. The predicted octanol–water partition coefficient (Wildman–Crippen LogP) is 3.04. The van der Waals surface area contributed by atoms with Crippen LogP contribution in [0.2, 0.25) is 0 Å². The Kier molecular flexibility index (Phi) is 10.5. The van der Waals surface area contributed by atoms with Crippen LogP contribution in [-0.2, 0) is 24.2 Å². The Morgan fingerprint density at radius 3 is 2.70 bits per heavy atom. The van der Waals surface area contributed by atoms with E-state index in [9.17, 15) is 4.79 Å². The fourth-order valence-electron chi connectivity index (χ4n) is 3.22. The topological polar surface area (TPSA) is 74.8 Å². The summed E-state index contributed by atoms with van der Waals surface area (Å²) < 4.78 is 5.56. The average Bonchev–Trinajstić information content (AvgIpc) is 3.21. The number of hydrogen-bond donors (Lipinski definition) is 3. The van der Waals surface area contributed by atoms with E-state index in [1.54, 1.807) is 0 Å². The third kappa shape index (κ3) is 7.85. The Morgan fingerprint density at radius 2 is 1.90 bits per heavy atom. The number of aliphatic imine (C=N–C) groups is 1. The number of carbonyl (C=O) groups excluding carboxylic acids is 1. The average molecular weight is 522 g/mol. The number of ether oxygens (including phenoxy) is 1. The number of benzene rings is 2. The summed E-state index contributed by atoms with van der Waals surface area (Å²) in [6.07, 6.45) is 2.27. The van der Waals surface area contributed by atoms with Crippen LogP contribution in [0.15, 0.2) is 53.5 Å². The van der Waals surface area contributed by atoms with Gasteiger partial charge in [-0.3, -0.25) is 9.79 Å². The quantitative estimate of drug-likeness (QED) is 0.269. The first-order valence-corrected chi connectivity index (χ1v) is 10.3. The van der Waals surface area contributed by atoms with Crippen molar-refractivity contribution in [2.24, 2.45) is 4.99 Å². The fraction of sp³-hybridized carbons (Fsp3) is 0.391. The zero-order valence-corrected chi connectivity index (χ0v) is 19.8. The molecule has 162 valence electrons. The highest BCUT2D eigenvalue weighted by Gasteiger charge is 2.11. The van der Waals surface area contributed by atoms with Gasteiger partial charge in [0, 0.05) is 32.5 Å². The molecule has 6 nitrogen and oxygen atoms in total. The van der Waals surface area contributed by atoms with Gasteiger partial charge in [-0.05, 0) is 36.1 Å². The minimum absolute atomic E-state index is 0. The summed E-state index contributed by atoms with van der Waals surface area (Å²) in [6.45, 7) is 5.38. The van der Waals surface area contributed by atoms with Gasteiger partial charge in [0.05, 0.1) is 13.2 Å². The van der Waals surface area contributed by atoms with Crippen LogP contribution in [-0.4, -0.2) is 38.1 Å².